The van der Waals surface area contributed by atoms with Crippen molar-refractivity contribution >= 4 is 41.3 Å². The number of nitrogens with zero attached hydrogens (tertiary/aromatic N) is 3. The second kappa shape index (κ2) is 6.32. The molecule has 1 aliphatic carbocycles. The lowest BCUT2D eigenvalue weighted by atomic mass is 10.3. The monoisotopic (exact) mass is 360 g/mol. The Morgan fingerprint density at radius 1 is 1.52 bits per heavy atom. The number of aromatic nitrogens is 4. The van der Waals surface area contributed by atoms with Gasteiger partial charge < -0.3 is 15.6 Å². The Labute approximate surface area is 145 Å². The van der Waals surface area contributed by atoms with Gasteiger partial charge in [-0.05, 0) is 18.9 Å². The van der Waals surface area contributed by atoms with Crippen LogP contribution in [0.4, 0.5) is 16.0 Å². The first-order valence-corrected chi connectivity index (χ1v) is 8.80. The number of rotatable bonds is 6. The van der Waals surface area contributed by atoms with Crippen LogP contribution in [0.15, 0.2) is 17.1 Å². The van der Waals surface area contributed by atoms with Gasteiger partial charge >= 0.3 is 4.87 Å². The summed E-state index contributed by atoms with van der Waals surface area (Å²) in [6, 6.07) is 2.27. The van der Waals surface area contributed by atoms with Crippen LogP contribution < -0.4 is 25.4 Å². The number of fused-ring (bicyclic) bond motifs is 1. The zero-order chi connectivity index (χ0) is 17.4. The molecule has 0 radical (unpaired) electrons. The van der Waals surface area contributed by atoms with Crippen molar-refractivity contribution in [3.8, 4) is 0 Å². The number of nitrogens with one attached hydrogen (secondary N) is 3. The van der Waals surface area contributed by atoms with E-state index in [9.17, 15) is 9.18 Å². The zero-order valence-electron chi connectivity index (χ0n) is 13.4. The van der Waals surface area contributed by atoms with Crippen LogP contribution in [0.5, 0.6) is 0 Å². The lowest BCUT2D eigenvalue weighted by Crippen LogP contribution is -2.19. The number of hydrogen-bond donors (Lipinski definition) is 3. The molecule has 1 aliphatic rings. The number of anilines is 2. The van der Waals surface area contributed by atoms with Gasteiger partial charge in [-0.15, -0.1) is 0 Å². The third-order valence-corrected chi connectivity index (χ3v) is 4.74. The molecule has 0 aromatic carbocycles. The molecule has 3 aromatic heterocycles. The number of thiazole rings is 1. The van der Waals surface area contributed by atoms with Crippen LogP contribution in [0.1, 0.15) is 18.4 Å². The fraction of sp³-hybridized carbons (Fsp3) is 0.312. The van der Waals surface area contributed by atoms with Gasteiger partial charge in [0, 0.05) is 24.2 Å². The Morgan fingerprint density at radius 3 is 3.04 bits per heavy atom. The Morgan fingerprint density at radius 2 is 2.36 bits per heavy atom. The van der Waals surface area contributed by atoms with E-state index in [2.05, 4.69) is 32.3 Å². The van der Waals surface area contributed by atoms with E-state index in [4.69, 9.17) is 0 Å². The summed E-state index contributed by atoms with van der Waals surface area (Å²) in [5.41, 5.74) is 1.40. The molecule has 0 atom stereocenters. The van der Waals surface area contributed by atoms with E-state index in [1.807, 2.05) is 12.1 Å². The summed E-state index contributed by atoms with van der Waals surface area (Å²) in [6.07, 6.45) is 5.78. The smallest absolute Gasteiger partial charge is 0.305 e. The Balaban J connectivity index is 1.85. The lowest BCUT2D eigenvalue weighted by Gasteiger charge is -2.10. The van der Waals surface area contributed by atoms with Gasteiger partial charge in [0.25, 0.3) is 0 Å². The van der Waals surface area contributed by atoms with Gasteiger partial charge in [-0.1, -0.05) is 17.9 Å². The minimum absolute atomic E-state index is 0.151. The number of H-pyrrole nitrogens is 1. The van der Waals surface area contributed by atoms with Crippen LogP contribution in [0.3, 0.4) is 0 Å². The summed E-state index contributed by atoms with van der Waals surface area (Å²) in [5, 5.41) is 11.4. The highest BCUT2D eigenvalue weighted by atomic mass is 32.1. The molecule has 3 N–H and O–H groups in total. The van der Waals surface area contributed by atoms with Crippen LogP contribution in [-0.2, 0) is 0 Å². The van der Waals surface area contributed by atoms with E-state index in [-0.39, 0.29) is 11.4 Å². The standard InChI is InChI=1S/C16H17FN6OS/c1-9-12(25-16(24)20-9)6-10-8-19-23-14(21-11-2-3-11)7-13(18-5-4-17)22-15(10)23/h6-8,11,21H,1-5H2,(H,18,22)(H,20,24)/b12-6-. The number of aromatic amines is 1. The van der Waals surface area contributed by atoms with E-state index >= 15 is 0 Å². The zero-order valence-corrected chi connectivity index (χ0v) is 14.2. The third kappa shape index (κ3) is 3.27. The van der Waals surface area contributed by atoms with Gasteiger partial charge in [0.2, 0.25) is 0 Å². The van der Waals surface area contributed by atoms with Crippen LogP contribution in [0.2, 0.25) is 0 Å². The Bertz CT molecular complexity index is 1080. The Hall–Kier alpha value is -2.68. The predicted octanol–water partition coefficient (Wildman–Crippen LogP) is 0.674. The Kier molecular flexibility index (Phi) is 4.00. The molecule has 3 heterocycles. The highest BCUT2D eigenvalue weighted by molar-refractivity contribution is 7.07. The second-order valence-corrected chi connectivity index (χ2v) is 6.91. The fourth-order valence-corrected chi connectivity index (χ4v) is 3.25. The van der Waals surface area contributed by atoms with Crippen molar-refractivity contribution in [2.75, 3.05) is 23.9 Å². The molecule has 3 aromatic rings. The molecule has 0 bridgehead atoms. The van der Waals surface area contributed by atoms with Gasteiger partial charge in [-0.3, -0.25) is 4.79 Å². The predicted molar refractivity (Wildman–Crippen MR) is 97.4 cm³/mol. The first-order chi connectivity index (χ1) is 12.1. The van der Waals surface area contributed by atoms with Gasteiger partial charge in [0.1, 0.15) is 18.3 Å². The average molecular weight is 360 g/mol. The van der Waals surface area contributed by atoms with Gasteiger partial charge in [0.05, 0.1) is 16.1 Å². The molecule has 130 valence electrons. The van der Waals surface area contributed by atoms with Gasteiger partial charge in [-0.2, -0.15) is 9.61 Å². The number of halogens is 1. The van der Waals surface area contributed by atoms with Gasteiger partial charge in [0.15, 0.2) is 5.65 Å². The minimum Gasteiger partial charge on any atom is -0.367 e. The molecule has 9 heteroatoms. The molecule has 0 amide bonds. The van der Waals surface area contributed by atoms with Crippen molar-refractivity contribution in [3.63, 3.8) is 0 Å². The van der Waals surface area contributed by atoms with Crippen molar-refractivity contribution in [2.45, 2.75) is 18.9 Å². The van der Waals surface area contributed by atoms with Crippen LogP contribution in [0.25, 0.3) is 18.3 Å². The summed E-state index contributed by atoms with van der Waals surface area (Å²) in [5.74, 6) is 1.39. The van der Waals surface area contributed by atoms with Gasteiger partial charge in [-0.25, -0.2) is 9.37 Å². The number of alkyl halides is 1. The maximum Gasteiger partial charge on any atom is 0.305 e. The van der Waals surface area contributed by atoms with Crippen molar-refractivity contribution in [1.82, 2.24) is 19.6 Å². The molecule has 4 rings (SSSR count). The summed E-state index contributed by atoms with van der Waals surface area (Å²) >= 11 is 1.09. The second-order valence-electron chi connectivity index (χ2n) is 5.90. The van der Waals surface area contributed by atoms with E-state index in [0.717, 1.165) is 40.1 Å². The first kappa shape index (κ1) is 15.8. The molecule has 1 fully saturated rings. The van der Waals surface area contributed by atoms with Crippen molar-refractivity contribution in [2.24, 2.45) is 0 Å². The molecular formula is C16H17FN6OS. The lowest BCUT2D eigenvalue weighted by molar-refractivity contribution is 0.512. The van der Waals surface area contributed by atoms with Crippen LogP contribution in [0, 0.1) is 0 Å². The van der Waals surface area contributed by atoms with Crippen LogP contribution in [-0.4, -0.2) is 38.8 Å². The third-order valence-electron chi connectivity index (χ3n) is 3.87. The maximum absolute atomic E-state index is 12.5. The summed E-state index contributed by atoms with van der Waals surface area (Å²) in [7, 11) is 0. The first-order valence-electron chi connectivity index (χ1n) is 7.99. The van der Waals surface area contributed by atoms with E-state index in [1.165, 1.54) is 0 Å². The van der Waals surface area contributed by atoms with E-state index in [0.29, 0.717) is 22.9 Å². The van der Waals surface area contributed by atoms with Crippen molar-refractivity contribution < 1.29 is 4.39 Å². The molecule has 0 spiro atoms. The highest BCUT2D eigenvalue weighted by Crippen LogP contribution is 2.27. The topological polar surface area (TPSA) is 87.1 Å². The summed E-state index contributed by atoms with van der Waals surface area (Å²) in [6.45, 7) is 3.56. The molecule has 0 saturated heterocycles. The molecule has 7 nitrogen and oxygen atoms in total. The van der Waals surface area contributed by atoms with Crippen molar-refractivity contribution in [1.29, 1.82) is 0 Å². The molecular weight excluding hydrogens is 343 g/mol. The normalized spacial score (nSPS) is 15.0. The quantitative estimate of drug-likeness (QED) is 0.602. The molecule has 25 heavy (non-hydrogen) atoms. The van der Waals surface area contributed by atoms with Crippen LogP contribution >= 0.6 is 11.3 Å². The largest absolute Gasteiger partial charge is 0.367 e. The highest BCUT2D eigenvalue weighted by Gasteiger charge is 2.23. The molecule has 0 unspecified atom stereocenters. The summed E-state index contributed by atoms with van der Waals surface area (Å²) in [4.78, 5) is 18.5. The van der Waals surface area contributed by atoms with Crippen molar-refractivity contribution in [3.05, 3.63) is 37.4 Å². The SMILES string of the molecule is C=c1[nH]c(=O)s/c1=C\c1cnn2c(NC3CC3)cc(NCCF)nc12. The fourth-order valence-electron chi connectivity index (χ4n) is 2.52. The molecule has 1 saturated carbocycles. The maximum atomic E-state index is 12.5. The minimum atomic E-state index is -0.474. The van der Waals surface area contributed by atoms with E-state index in [1.54, 1.807) is 10.7 Å². The number of hydrogen-bond acceptors (Lipinski definition) is 6. The van der Waals surface area contributed by atoms with E-state index < -0.39 is 6.67 Å². The molecule has 0 aliphatic heterocycles. The average Bonchev–Trinajstić information content (AvgIpc) is 3.22. The summed E-state index contributed by atoms with van der Waals surface area (Å²) < 4.78 is 15.0.